The number of aromatic nitrogens is 1. The van der Waals surface area contributed by atoms with Crippen molar-refractivity contribution in [3.63, 3.8) is 0 Å². The average molecular weight is 227 g/mol. The van der Waals surface area contributed by atoms with Gasteiger partial charge < -0.3 is 5.32 Å². The van der Waals surface area contributed by atoms with Gasteiger partial charge >= 0.3 is 0 Å². The zero-order valence-corrected chi connectivity index (χ0v) is 9.50. The van der Waals surface area contributed by atoms with Crippen LogP contribution in [0.15, 0.2) is 12.3 Å². The molecule has 1 aromatic heterocycles. The van der Waals surface area contributed by atoms with Crippen LogP contribution in [-0.4, -0.2) is 28.5 Å². The second-order valence-corrected chi connectivity index (χ2v) is 4.02. The van der Waals surface area contributed by atoms with Crippen LogP contribution in [0.2, 0.25) is 0 Å². The molecule has 1 rings (SSSR count). The van der Waals surface area contributed by atoms with Gasteiger partial charge in [0, 0.05) is 18.4 Å². The van der Waals surface area contributed by atoms with Crippen molar-refractivity contribution in [1.82, 2.24) is 4.98 Å². The van der Waals surface area contributed by atoms with E-state index in [-0.39, 0.29) is 5.69 Å². The fourth-order valence-corrected chi connectivity index (χ4v) is 1.42. The maximum absolute atomic E-state index is 10.5. The zero-order valence-electron chi connectivity index (χ0n) is 8.69. The van der Waals surface area contributed by atoms with Crippen LogP contribution in [-0.2, 0) is 0 Å². The van der Waals surface area contributed by atoms with Crippen molar-refractivity contribution >= 4 is 23.3 Å². The van der Waals surface area contributed by atoms with Gasteiger partial charge in [0.15, 0.2) is 0 Å². The van der Waals surface area contributed by atoms with Crippen LogP contribution in [0.4, 0.5) is 11.5 Å². The van der Waals surface area contributed by atoms with E-state index in [9.17, 15) is 10.1 Å². The fourth-order valence-electron chi connectivity index (χ4n) is 1.12. The molecule has 5 nitrogen and oxygen atoms in total. The second kappa shape index (κ2) is 5.55. The van der Waals surface area contributed by atoms with Gasteiger partial charge in [-0.1, -0.05) is 0 Å². The first-order valence-electron chi connectivity index (χ1n) is 4.49. The third-order valence-electron chi connectivity index (χ3n) is 1.87. The first-order chi connectivity index (χ1) is 7.15. The predicted molar refractivity (Wildman–Crippen MR) is 62.5 cm³/mol. The van der Waals surface area contributed by atoms with Gasteiger partial charge in [0.05, 0.1) is 4.92 Å². The molecule has 0 aromatic carbocycles. The standard InChI is InChI=1S/C9H13N3O2S/c1-7-5-8(12(13)14)6-11-9(7)10-3-4-15-2/h5-6H,3-4H2,1-2H3,(H,10,11). The van der Waals surface area contributed by atoms with E-state index in [1.54, 1.807) is 18.7 Å². The number of anilines is 1. The summed E-state index contributed by atoms with van der Waals surface area (Å²) in [4.78, 5) is 14.0. The summed E-state index contributed by atoms with van der Waals surface area (Å²) >= 11 is 1.74. The Balaban J connectivity index is 2.70. The Kier molecular flexibility index (Phi) is 4.36. The molecule has 0 radical (unpaired) electrons. The average Bonchev–Trinajstić information content (AvgIpc) is 2.20. The van der Waals surface area contributed by atoms with Crippen molar-refractivity contribution in [3.05, 3.63) is 27.9 Å². The number of hydrogen-bond acceptors (Lipinski definition) is 5. The number of hydrogen-bond donors (Lipinski definition) is 1. The topological polar surface area (TPSA) is 68.1 Å². The lowest BCUT2D eigenvalue weighted by molar-refractivity contribution is -0.385. The van der Waals surface area contributed by atoms with Crippen molar-refractivity contribution in [2.24, 2.45) is 0 Å². The summed E-state index contributed by atoms with van der Waals surface area (Å²) < 4.78 is 0. The van der Waals surface area contributed by atoms with Crippen molar-refractivity contribution in [2.75, 3.05) is 23.9 Å². The van der Waals surface area contributed by atoms with Crippen LogP contribution < -0.4 is 5.32 Å². The Hall–Kier alpha value is -1.30. The maximum atomic E-state index is 10.5. The molecule has 0 spiro atoms. The summed E-state index contributed by atoms with van der Waals surface area (Å²) in [5.41, 5.74) is 0.827. The normalized spacial score (nSPS) is 10.0. The van der Waals surface area contributed by atoms with Gasteiger partial charge in [0.2, 0.25) is 0 Å². The fraction of sp³-hybridized carbons (Fsp3) is 0.444. The van der Waals surface area contributed by atoms with E-state index in [0.717, 1.165) is 23.7 Å². The number of rotatable bonds is 5. The molecule has 6 heteroatoms. The van der Waals surface area contributed by atoms with E-state index in [1.165, 1.54) is 12.3 Å². The number of thioether (sulfide) groups is 1. The molecule has 0 atom stereocenters. The minimum absolute atomic E-state index is 0.0305. The van der Waals surface area contributed by atoms with E-state index in [1.807, 2.05) is 6.26 Å². The van der Waals surface area contributed by atoms with Crippen LogP contribution in [0.25, 0.3) is 0 Å². The number of nitro groups is 1. The van der Waals surface area contributed by atoms with E-state index >= 15 is 0 Å². The Bertz CT molecular complexity index is 357. The van der Waals surface area contributed by atoms with Crippen LogP contribution in [0, 0.1) is 17.0 Å². The summed E-state index contributed by atoms with van der Waals surface area (Å²) in [7, 11) is 0. The van der Waals surface area contributed by atoms with Crippen molar-refractivity contribution in [3.8, 4) is 0 Å². The highest BCUT2D eigenvalue weighted by Crippen LogP contribution is 2.17. The number of nitrogens with zero attached hydrogens (tertiary/aromatic N) is 2. The van der Waals surface area contributed by atoms with Gasteiger partial charge in [0.25, 0.3) is 5.69 Å². The second-order valence-electron chi connectivity index (χ2n) is 3.04. The molecule has 0 bridgehead atoms. The first-order valence-corrected chi connectivity index (χ1v) is 5.88. The lowest BCUT2D eigenvalue weighted by Crippen LogP contribution is -2.07. The molecule has 0 aliphatic rings. The molecule has 1 heterocycles. The van der Waals surface area contributed by atoms with Crippen molar-refractivity contribution in [1.29, 1.82) is 0 Å². The van der Waals surface area contributed by atoms with E-state index in [2.05, 4.69) is 10.3 Å². The first kappa shape index (κ1) is 11.8. The van der Waals surface area contributed by atoms with Crippen molar-refractivity contribution in [2.45, 2.75) is 6.92 Å². The van der Waals surface area contributed by atoms with Gasteiger partial charge in [-0.15, -0.1) is 0 Å². The van der Waals surface area contributed by atoms with E-state index in [4.69, 9.17) is 0 Å². The molecular weight excluding hydrogens is 214 g/mol. The molecule has 0 amide bonds. The molecule has 0 unspecified atom stereocenters. The summed E-state index contributed by atoms with van der Waals surface area (Å²) in [6.45, 7) is 2.62. The number of nitrogens with one attached hydrogen (secondary N) is 1. The maximum Gasteiger partial charge on any atom is 0.287 e. The molecule has 15 heavy (non-hydrogen) atoms. The molecule has 0 fully saturated rings. The summed E-state index contributed by atoms with van der Waals surface area (Å²) in [5, 5.41) is 13.6. The Morgan fingerprint density at radius 3 is 2.93 bits per heavy atom. The highest BCUT2D eigenvalue weighted by atomic mass is 32.2. The third-order valence-corrected chi connectivity index (χ3v) is 2.49. The van der Waals surface area contributed by atoms with E-state index in [0.29, 0.717) is 0 Å². The largest absolute Gasteiger partial charge is 0.369 e. The highest BCUT2D eigenvalue weighted by molar-refractivity contribution is 7.98. The monoisotopic (exact) mass is 227 g/mol. The van der Waals surface area contributed by atoms with Gasteiger partial charge in [-0.3, -0.25) is 10.1 Å². The van der Waals surface area contributed by atoms with Gasteiger partial charge in [-0.05, 0) is 18.7 Å². The van der Waals surface area contributed by atoms with Crippen LogP contribution in [0.5, 0.6) is 0 Å². The molecule has 0 saturated carbocycles. The lowest BCUT2D eigenvalue weighted by atomic mass is 10.2. The molecule has 1 aromatic rings. The summed E-state index contributed by atoms with van der Waals surface area (Å²) in [5.74, 6) is 1.70. The third kappa shape index (κ3) is 3.39. The molecule has 0 aliphatic carbocycles. The van der Waals surface area contributed by atoms with Gasteiger partial charge in [-0.2, -0.15) is 11.8 Å². The molecule has 1 N–H and O–H groups in total. The Morgan fingerprint density at radius 2 is 2.40 bits per heavy atom. The van der Waals surface area contributed by atoms with Gasteiger partial charge in [0.1, 0.15) is 12.0 Å². The van der Waals surface area contributed by atoms with Crippen LogP contribution in [0.3, 0.4) is 0 Å². The predicted octanol–water partition coefficient (Wildman–Crippen LogP) is 2.07. The highest BCUT2D eigenvalue weighted by Gasteiger charge is 2.08. The number of pyridine rings is 1. The SMILES string of the molecule is CSCCNc1ncc([N+](=O)[O-])cc1C. The van der Waals surface area contributed by atoms with Crippen LogP contribution >= 0.6 is 11.8 Å². The quantitative estimate of drug-likeness (QED) is 0.474. The minimum atomic E-state index is -0.439. The smallest absolute Gasteiger partial charge is 0.287 e. The Morgan fingerprint density at radius 1 is 1.67 bits per heavy atom. The Labute approximate surface area is 92.4 Å². The van der Waals surface area contributed by atoms with Crippen LogP contribution in [0.1, 0.15) is 5.56 Å². The summed E-state index contributed by atoms with van der Waals surface area (Å²) in [6.07, 6.45) is 3.30. The van der Waals surface area contributed by atoms with Gasteiger partial charge in [-0.25, -0.2) is 4.98 Å². The molecule has 82 valence electrons. The molecule has 0 saturated heterocycles. The minimum Gasteiger partial charge on any atom is -0.369 e. The lowest BCUT2D eigenvalue weighted by Gasteiger charge is -2.06. The number of aryl methyl sites for hydroxylation is 1. The molecule has 0 aliphatic heterocycles. The van der Waals surface area contributed by atoms with E-state index < -0.39 is 4.92 Å². The van der Waals surface area contributed by atoms with Crippen molar-refractivity contribution < 1.29 is 4.92 Å². The zero-order chi connectivity index (χ0) is 11.3. The molecular formula is C9H13N3O2S. The summed E-state index contributed by atoms with van der Waals surface area (Å²) in [6, 6.07) is 1.52.